The van der Waals surface area contributed by atoms with Gasteiger partial charge in [0.15, 0.2) is 0 Å². The molecule has 0 bridgehead atoms. The molecule has 106 valence electrons. The van der Waals surface area contributed by atoms with Crippen molar-refractivity contribution < 1.29 is 9.53 Å². The summed E-state index contributed by atoms with van der Waals surface area (Å²) in [5.41, 5.74) is 5.78. The van der Waals surface area contributed by atoms with Crippen LogP contribution in [0.1, 0.15) is 20.3 Å². The van der Waals surface area contributed by atoms with E-state index in [1.807, 2.05) is 19.9 Å². The fraction of sp³-hybridized carbons (Fsp3) is 0.462. The summed E-state index contributed by atoms with van der Waals surface area (Å²) >= 11 is 6.80. The summed E-state index contributed by atoms with van der Waals surface area (Å²) in [5, 5.41) is 2.89. The maximum absolute atomic E-state index is 12.3. The van der Waals surface area contributed by atoms with E-state index < -0.39 is 5.41 Å². The van der Waals surface area contributed by atoms with E-state index in [1.165, 1.54) is 0 Å². The maximum atomic E-state index is 12.3. The number of ether oxygens (including phenoxy) is 1. The second-order valence-electron chi connectivity index (χ2n) is 4.54. The first-order valence-electron chi connectivity index (χ1n) is 5.92. The van der Waals surface area contributed by atoms with Crippen molar-refractivity contribution in [2.75, 3.05) is 19.0 Å². The second kappa shape index (κ2) is 6.72. The van der Waals surface area contributed by atoms with E-state index in [1.54, 1.807) is 13.2 Å². The quantitative estimate of drug-likeness (QED) is 0.804. The van der Waals surface area contributed by atoms with E-state index >= 15 is 0 Å². The lowest BCUT2D eigenvalue weighted by Crippen LogP contribution is -2.39. The first-order valence-corrected chi connectivity index (χ1v) is 7.51. The van der Waals surface area contributed by atoms with Crippen LogP contribution in [-0.4, -0.2) is 19.6 Å². The van der Waals surface area contributed by atoms with Gasteiger partial charge in [0, 0.05) is 17.1 Å². The van der Waals surface area contributed by atoms with Gasteiger partial charge in [-0.15, -0.1) is 0 Å². The molecule has 0 aliphatic heterocycles. The van der Waals surface area contributed by atoms with Gasteiger partial charge < -0.3 is 15.8 Å². The average Bonchev–Trinajstić information content (AvgIpc) is 2.40. The Morgan fingerprint density at radius 3 is 2.53 bits per heavy atom. The topological polar surface area (TPSA) is 64.4 Å². The number of nitrogens with one attached hydrogen (secondary N) is 1. The summed E-state index contributed by atoms with van der Waals surface area (Å²) in [5.74, 6) is 0.562. The Bertz CT molecular complexity index is 474. The maximum Gasteiger partial charge on any atom is 0.231 e. The first-order chi connectivity index (χ1) is 8.87. The third kappa shape index (κ3) is 3.70. The summed E-state index contributed by atoms with van der Waals surface area (Å²) < 4.78 is 6.81. The fourth-order valence-electron chi connectivity index (χ4n) is 1.45. The van der Waals surface area contributed by atoms with E-state index in [-0.39, 0.29) is 5.91 Å². The van der Waals surface area contributed by atoms with Gasteiger partial charge in [0.1, 0.15) is 5.75 Å². The van der Waals surface area contributed by atoms with Crippen molar-refractivity contribution in [2.45, 2.75) is 20.3 Å². The van der Waals surface area contributed by atoms with Crippen molar-refractivity contribution in [1.82, 2.24) is 0 Å². The molecule has 4 nitrogen and oxygen atoms in total. The molecule has 1 atom stereocenters. The monoisotopic (exact) mass is 392 g/mol. The number of nitrogens with two attached hydrogens (primary N) is 1. The Balaban J connectivity index is 3.03. The summed E-state index contributed by atoms with van der Waals surface area (Å²) in [4.78, 5) is 12.3. The van der Waals surface area contributed by atoms with Crippen LogP contribution in [0.5, 0.6) is 5.75 Å². The predicted octanol–water partition coefficient (Wildman–Crippen LogP) is 3.53. The lowest BCUT2D eigenvalue weighted by atomic mass is 9.86. The standard InChI is InChI=1S/C13H18Br2N2O2/c1-4-13(2,7-16)12(18)17-10-6-11(19-3)9(15)5-8(10)14/h5-6H,4,7,16H2,1-3H3,(H,17,18). The summed E-state index contributed by atoms with van der Waals surface area (Å²) in [7, 11) is 1.58. The number of hydrogen-bond acceptors (Lipinski definition) is 3. The smallest absolute Gasteiger partial charge is 0.231 e. The average molecular weight is 394 g/mol. The second-order valence-corrected chi connectivity index (χ2v) is 6.25. The highest BCUT2D eigenvalue weighted by molar-refractivity contribution is 9.11. The van der Waals surface area contributed by atoms with Crippen LogP contribution in [0.3, 0.4) is 0 Å². The lowest BCUT2D eigenvalue weighted by Gasteiger charge is -2.25. The van der Waals surface area contributed by atoms with Gasteiger partial charge in [-0.25, -0.2) is 0 Å². The molecule has 0 heterocycles. The molecular weight excluding hydrogens is 376 g/mol. The molecule has 0 radical (unpaired) electrons. The Kier molecular flexibility index (Phi) is 5.82. The summed E-state index contributed by atoms with van der Waals surface area (Å²) in [6.07, 6.45) is 0.681. The Hall–Kier alpha value is -0.590. The number of carbonyl (C=O) groups excluding carboxylic acids is 1. The van der Waals surface area contributed by atoms with Crippen molar-refractivity contribution in [1.29, 1.82) is 0 Å². The molecule has 0 saturated carbocycles. The molecule has 19 heavy (non-hydrogen) atoms. The number of hydrogen-bond donors (Lipinski definition) is 2. The van der Waals surface area contributed by atoms with Gasteiger partial charge in [-0.1, -0.05) is 6.92 Å². The van der Waals surface area contributed by atoms with E-state index in [4.69, 9.17) is 10.5 Å². The van der Waals surface area contributed by atoms with Gasteiger partial charge in [0.25, 0.3) is 0 Å². The molecular formula is C13H18Br2N2O2. The zero-order chi connectivity index (χ0) is 14.6. The molecule has 0 aromatic heterocycles. The van der Waals surface area contributed by atoms with Crippen LogP contribution in [0, 0.1) is 5.41 Å². The van der Waals surface area contributed by atoms with Gasteiger partial charge in [0.2, 0.25) is 5.91 Å². The Morgan fingerprint density at radius 1 is 1.42 bits per heavy atom. The molecule has 1 aromatic rings. The third-order valence-corrected chi connectivity index (χ3v) is 4.54. The molecule has 3 N–H and O–H groups in total. The van der Waals surface area contributed by atoms with E-state index in [2.05, 4.69) is 37.2 Å². The number of rotatable bonds is 5. The van der Waals surface area contributed by atoms with Crippen molar-refractivity contribution in [2.24, 2.45) is 11.1 Å². The molecule has 1 aromatic carbocycles. The normalized spacial score (nSPS) is 13.8. The van der Waals surface area contributed by atoms with Crippen LogP contribution < -0.4 is 15.8 Å². The molecule has 1 rings (SSSR count). The number of anilines is 1. The zero-order valence-electron chi connectivity index (χ0n) is 11.2. The summed E-state index contributed by atoms with van der Waals surface area (Å²) in [6.45, 7) is 4.11. The van der Waals surface area contributed by atoms with Crippen LogP contribution in [-0.2, 0) is 4.79 Å². The van der Waals surface area contributed by atoms with Crippen LogP contribution in [0.4, 0.5) is 5.69 Å². The van der Waals surface area contributed by atoms with Gasteiger partial charge in [-0.05, 0) is 51.3 Å². The Labute approximate surface area is 130 Å². The number of benzene rings is 1. The van der Waals surface area contributed by atoms with Gasteiger partial charge in [0.05, 0.1) is 22.7 Å². The highest BCUT2D eigenvalue weighted by atomic mass is 79.9. The molecule has 0 spiro atoms. The highest BCUT2D eigenvalue weighted by Gasteiger charge is 2.30. The van der Waals surface area contributed by atoms with E-state index in [9.17, 15) is 4.79 Å². The molecule has 1 unspecified atom stereocenters. The highest BCUT2D eigenvalue weighted by Crippen LogP contribution is 2.35. The number of halogens is 2. The van der Waals surface area contributed by atoms with E-state index in [0.29, 0.717) is 24.4 Å². The zero-order valence-corrected chi connectivity index (χ0v) is 14.4. The van der Waals surface area contributed by atoms with E-state index in [0.717, 1.165) is 8.95 Å². The van der Waals surface area contributed by atoms with Crippen molar-refractivity contribution in [3.05, 3.63) is 21.1 Å². The minimum absolute atomic E-state index is 0.0948. The van der Waals surface area contributed by atoms with Gasteiger partial charge in [-0.3, -0.25) is 4.79 Å². The summed E-state index contributed by atoms with van der Waals surface area (Å²) in [6, 6.07) is 3.60. The molecule has 0 fully saturated rings. The molecule has 6 heteroatoms. The minimum atomic E-state index is -0.570. The van der Waals surface area contributed by atoms with Gasteiger partial charge >= 0.3 is 0 Å². The number of methoxy groups -OCH3 is 1. The predicted molar refractivity (Wildman–Crippen MR) is 84.5 cm³/mol. The largest absolute Gasteiger partial charge is 0.495 e. The van der Waals surface area contributed by atoms with Crippen LogP contribution >= 0.6 is 31.9 Å². The van der Waals surface area contributed by atoms with Crippen LogP contribution in [0.15, 0.2) is 21.1 Å². The minimum Gasteiger partial charge on any atom is -0.495 e. The number of amides is 1. The number of carbonyl (C=O) groups is 1. The lowest BCUT2D eigenvalue weighted by molar-refractivity contribution is -0.124. The Morgan fingerprint density at radius 2 is 2.05 bits per heavy atom. The SMILES string of the molecule is CCC(C)(CN)C(=O)Nc1cc(OC)c(Br)cc1Br. The van der Waals surface area contributed by atoms with Gasteiger partial charge in [-0.2, -0.15) is 0 Å². The van der Waals surface area contributed by atoms with Crippen molar-refractivity contribution >= 4 is 43.5 Å². The fourth-order valence-corrected chi connectivity index (χ4v) is 2.71. The van der Waals surface area contributed by atoms with Crippen molar-refractivity contribution in [3.8, 4) is 5.75 Å². The molecule has 0 aliphatic carbocycles. The first kappa shape index (κ1) is 16.5. The molecule has 0 saturated heterocycles. The third-order valence-electron chi connectivity index (χ3n) is 3.27. The molecule has 1 amide bonds. The van der Waals surface area contributed by atoms with Crippen LogP contribution in [0.2, 0.25) is 0 Å². The van der Waals surface area contributed by atoms with Crippen LogP contribution in [0.25, 0.3) is 0 Å². The van der Waals surface area contributed by atoms with Crippen molar-refractivity contribution in [3.63, 3.8) is 0 Å². The molecule has 0 aliphatic rings.